The van der Waals surface area contributed by atoms with Crippen LogP contribution in [0.5, 0.6) is 0 Å². The zero-order chi connectivity index (χ0) is 15.1. The molecule has 1 aliphatic carbocycles. The number of hydrogen-bond acceptors (Lipinski definition) is 5. The Morgan fingerprint density at radius 1 is 1.14 bits per heavy atom. The summed E-state index contributed by atoms with van der Waals surface area (Å²) in [6.07, 6.45) is 7.21. The van der Waals surface area contributed by atoms with Gasteiger partial charge in [-0.15, -0.1) is 0 Å². The Labute approximate surface area is 124 Å². The Bertz CT molecular complexity index is 466. The summed E-state index contributed by atoms with van der Waals surface area (Å²) in [7, 11) is 1.70. The molecular weight excluding hydrogens is 273 g/mol. The molecule has 21 heavy (non-hydrogen) atoms. The summed E-state index contributed by atoms with van der Waals surface area (Å²) in [4.78, 5) is 35.9. The summed E-state index contributed by atoms with van der Waals surface area (Å²) in [5.74, 6) is -0.324. The monoisotopic (exact) mass is 295 g/mol. The Balaban J connectivity index is 1.69. The molecule has 3 rings (SSSR count). The molecule has 7 heteroatoms. The van der Waals surface area contributed by atoms with E-state index in [2.05, 4.69) is 0 Å². The van der Waals surface area contributed by atoms with E-state index in [1.807, 2.05) is 0 Å². The predicted octanol–water partition coefficient (Wildman–Crippen LogP) is 0.954. The van der Waals surface area contributed by atoms with Crippen LogP contribution >= 0.6 is 0 Å². The maximum Gasteiger partial charge on any atom is 0.649 e. The summed E-state index contributed by atoms with van der Waals surface area (Å²) in [6, 6.07) is 0. The Kier molecular flexibility index (Phi) is 3.55. The van der Waals surface area contributed by atoms with Crippen LogP contribution in [0.4, 0.5) is 0 Å². The van der Waals surface area contributed by atoms with Crippen LogP contribution in [0, 0.1) is 5.92 Å². The van der Waals surface area contributed by atoms with Crippen molar-refractivity contribution in [2.24, 2.45) is 5.92 Å². The second-order valence-electron chi connectivity index (χ2n) is 6.96. The molecule has 0 atom stereocenters. The topological polar surface area (TPSA) is 69.7 Å². The number of hydrogen-bond donors (Lipinski definition) is 0. The molecule has 0 aromatic carbocycles. The maximum atomic E-state index is 12.6. The van der Waals surface area contributed by atoms with Gasteiger partial charge in [0, 0.05) is 7.05 Å². The molecule has 6 nitrogen and oxygen atoms in total. The first kappa shape index (κ1) is 14.6. The zero-order valence-corrected chi connectivity index (χ0v) is 12.5. The van der Waals surface area contributed by atoms with E-state index in [1.54, 1.807) is 7.05 Å². The largest absolute Gasteiger partial charge is 0.649 e. The van der Waals surface area contributed by atoms with Gasteiger partial charge < -0.3 is 18.5 Å². The van der Waals surface area contributed by atoms with Crippen molar-refractivity contribution < 1.29 is 28.1 Å². The van der Waals surface area contributed by atoms with Gasteiger partial charge in [0.05, 0.1) is 0 Å². The second-order valence-corrected chi connectivity index (χ2v) is 6.96. The number of carbonyl (C=O) groups excluding carboxylic acids is 3. The van der Waals surface area contributed by atoms with Gasteiger partial charge in [0.25, 0.3) is 0 Å². The molecule has 0 unspecified atom stereocenters. The van der Waals surface area contributed by atoms with Crippen molar-refractivity contribution in [3.63, 3.8) is 0 Å². The molecule has 0 aromatic heterocycles. The van der Waals surface area contributed by atoms with Crippen molar-refractivity contribution in [2.45, 2.75) is 44.9 Å². The second kappa shape index (κ2) is 5.12. The Morgan fingerprint density at radius 3 is 2.29 bits per heavy atom. The van der Waals surface area contributed by atoms with Gasteiger partial charge in [0.15, 0.2) is 0 Å². The average Bonchev–Trinajstić information content (AvgIpc) is 2.81. The van der Waals surface area contributed by atoms with Crippen LogP contribution in [0.25, 0.3) is 0 Å². The number of rotatable bonds is 4. The minimum Gasteiger partial charge on any atom is -0.594 e. The molecule has 0 bridgehead atoms. The highest BCUT2D eigenvalue weighted by Gasteiger charge is 2.69. The van der Waals surface area contributed by atoms with Crippen molar-refractivity contribution in [1.29, 1.82) is 0 Å². The van der Waals surface area contributed by atoms with Crippen LogP contribution in [0.1, 0.15) is 44.9 Å². The lowest BCUT2D eigenvalue weighted by atomic mass is 9.61. The summed E-state index contributed by atoms with van der Waals surface area (Å²) >= 11 is 0. The number of quaternary nitrogens is 1. The fourth-order valence-electron chi connectivity index (χ4n) is 4.08. The maximum absolute atomic E-state index is 12.6. The minimum atomic E-state index is -2.48. The molecule has 0 amide bonds. The molecule has 1 saturated carbocycles. The third-order valence-electron chi connectivity index (χ3n) is 5.31. The first-order valence-corrected chi connectivity index (χ1v) is 7.90. The molecule has 2 heterocycles. The first-order valence-electron chi connectivity index (χ1n) is 7.90. The fourth-order valence-corrected chi connectivity index (χ4v) is 4.08. The van der Waals surface area contributed by atoms with Crippen LogP contribution in [0.2, 0.25) is 0 Å². The highest BCUT2D eigenvalue weighted by atomic mass is 16.7. The number of likely N-dealkylation sites (N-methyl/N-ethyl adjacent to an activating group) is 1. The smallest absolute Gasteiger partial charge is 0.594 e. The SMILES string of the molecule is C[N+]12CC(=O)O[B-]1(C(=O)CCC1CCCCC1)OC(=O)C2. The molecule has 116 valence electrons. The lowest BCUT2D eigenvalue weighted by molar-refractivity contribution is -0.790. The summed E-state index contributed by atoms with van der Waals surface area (Å²) in [5.41, 5.74) is -0.209. The van der Waals surface area contributed by atoms with Gasteiger partial charge in [-0.05, 0) is 18.8 Å². The summed E-state index contributed by atoms with van der Waals surface area (Å²) in [6.45, 7) is -2.40. The van der Waals surface area contributed by atoms with Crippen molar-refractivity contribution >= 4 is 24.3 Å². The lowest BCUT2D eigenvalue weighted by Crippen LogP contribution is -2.65. The number of carbonyl (C=O) groups is 3. The van der Waals surface area contributed by atoms with Gasteiger partial charge in [-0.1, -0.05) is 32.1 Å². The minimum absolute atomic E-state index is 0.0266. The average molecular weight is 295 g/mol. The van der Waals surface area contributed by atoms with Crippen molar-refractivity contribution in [3.8, 4) is 0 Å². The van der Waals surface area contributed by atoms with Crippen LogP contribution in [0.3, 0.4) is 0 Å². The summed E-state index contributed by atoms with van der Waals surface area (Å²) < 4.78 is 10.5. The Morgan fingerprint density at radius 2 is 1.71 bits per heavy atom. The molecule has 0 spiro atoms. The third kappa shape index (κ3) is 2.37. The Hall–Kier alpha value is -1.37. The number of nitrogens with zero attached hydrogens (tertiary/aromatic N) is 1. The highest BCUT2D eigenvalue weighted by Crippen LogP contribution is 2.36. The van der Waals surface area contributed by atoms with E-state index in [4.69, 9.17) is 9.31 Å². The van der Waals surface area contributed by atoms with E-state index in [0.29, 0.717) is 12.3 Å². The molecule has 2 aliphatic heterocycles. The molecule has 0 aromatic rings. The predicted molar refractivity (Wildman–Crippen MR) is 74.7 cm³/mol. The fraction of sp³-hybridized carbons (Fsp3) is 0.786. The summed E-state index contributed by atoms with van der Waals surface area (Å²) in [5, 5.41) is 0. The van der Waals surface area contributed by atoms with Crippen LogP contribution in [-0.4, -0.2) is 48.8 Å². The van der Waals surface area contributed by atoms with E-state index in [9.17, 15) is 14.4 Å². The normalized spacial score (nSPS) is 36.2. The standard InChI is InChI=1S/C14H22BNO5/c1-16-9-13(18)20-15(16,21-14(19)10-16)12(17)8-7-11-5-3-2-4-6-11/h11H,2-10H2,1H3. The molecule has 2 saturated heterocycles. The van der Waals surface area contributed by atoms with Crippen molar-refractivity contribution in [1.82, 2.24) is 0 Å². The van der Waals surface area contributed by atoms with Crippen LogP contribution in [-0.2, 0) is 23.7 Å². The van der Waals surface area contributed by atoms with Gasteiger partial charge in [-0.25, -0.2) is 0 Å². The molecule has 3 aliphatic rings. The van der Waals surface area contributed by atoms with Crippen LogP contribution < -0.4 is 0 Å². The molecule has 0 N–H and O–H groups in total. The van der Waals surface area contributed by atoms with E-state index in [1.165, 1.54) is 32.1 Å². The highest BCUT2D eigenvalue weighted by molar-refractivity contribution is 6.94. The van der Waals surface area contributed by atoms with Crippen molar-refractivity contribution in [3.05, 3.63) is 0 Å². The van der Waals surface area contributed by atoms with E-state index in [-0.39, 0.29) is 23.2 Å². The molecule has 0 radical (unpaired) electrons. The van der Waals surface area contributed by atoms with Crippen LogP contribution in [0.15, 0.2) is 0 Å². The van der Waals surface area contributed by atoms with Crippen molar-refractivity contribution in [2.75, 3.05) is 20.1 Å². The van der Waals surface area contributed by atoms with E-state index >= 15 is 0 Å². The molecule has 3 fully saturated rings. The van der Waals surface area contributed by atoms with E-state index < -0.39 is 18.6 Å². The van der Waals surface area contributed by atoms with E-state index in [0.717, 1.165) is 6.42 Å². The first-order chi connectivity index (χ1) is 9.95. The van der Waals surface area contributed by atoms with Gasteiger partial charge in [0.2, 0.25) is 0 Å². The van der Waals surface area contributed by atoms with Gasteiger partial charge in [0.1, 0.15) is 18.8 Å². The number of fused-ring (bicyclic) bond motifs is 1. The quantitative estimate of drug-likeness (QED) is 0.722. The van der Waals surface area contributed by atoms with Gasteiger partial charge in [-0.2, -0.15) is 0 Å². The zero-order valence-electron chi connectivity index (χ0n) is 12.5. The molecular formula is C14H22BNO5. The third-order valence-corrected chi connectivity index (χ3v) is 5.31. The van der Waals surface area contributed by atoms with Gasteiger partial charge >= 0.3 is 18.6 Å². The van der Waals surface area contributed by atoms with Gasteiger partial charge in [-0.3, -0.25) is 9.59 Å². The lowest BCUT2D eigenvalue weighted by Gasteiger charge is -2.38.